The Morgan fingerprint density at radius 2 is 2.50 bits per heavy atom. The Kier molecular flexibility index (Phi) is 4.26. The molecule has 1 aromatic heterocycles. The molecule has 0 radical (unpaired) electrons. The van der Waals surface area contributed by atoms with Gasteiger partial charge >= 0.3 is 0 Å². The van der Waals surface area contributed by atoms with Crippen molar-refractivity contribution in [2.45, 2.75) is 25.3 Å². The van der Waals surface area contributed by atoms with Gasteiger partial charge in [-0.15, -0.1) is 0 Å². The zero-order chi connectivity index (χ0) is 13.1. The predicted octanol–water partition coefficient (Wildman–Crippen LogP) is 1.14. The zero-order valence-electron chi connectivity index (χ0n) is 10.4. The molecule has 0 aromatic carbocycles. The Morgan fingerprint density at radius 1 is 1.72 bits per heavy atom. The van der Waals surface area contributed by atoms with Gasteiger partial charge in [0.05, 0.1) is 13.2 Å². The van der Waals surface area contributed by atoms with Crippen molar-refractivity contribution in [3.05, 3.63) is 18.2 Å². The molecule has 7 heteroatoms. The number of hydrogen-bond donors (Lipinski definition) is 1. The summed E-state index contributed by atoms with van der Waals surface area (Å²) in [7, 11) is 0. The van der Waals surface area contributed by atoms with Crippen LogP contribution < -0.4 is 0 Å². The minimum Gasteiger partial charge on any atom is -0.362 e. The van der Waals surface area contributed by atoms with Crippen molar-refractivity contribution < 1.29 is 14.1 Å². The van der Waals surface area contributed by atoms with Crippen molar-refractivity contribution in [2.24, 2.45) is 0 Å². The lowest BCUT2D eigenvalue weighted by atomic mass is 10.2. The fourth-order valence-electron chi connectivity index (χ4n) is 2.06. The number of nitrogens with zero attached hydrogens (tertiary/aromatic N) is 3. The second-order valence-electron chi connectivity index (χ2n) is 4.25. The van der Waals surface area contributed by atoms with Gasteiger partial charge in [-0.05, 0) is 13.8 Å². The molecule has 1 amide bonds. The second kappa shape index (κ2) is 5.73. The van der Waals surface area contributed by atoms with Crippen LogP contribution in [0.1, 0.15) is 18.8 Å². The number of carbonyl (C=O) groups excluding carboxylic acids is 1. The number of imidazole rings is 1. The molecule has 2 atom stereocenters. The summed E-state index contributed by atoms with van der Waals surface area (Å²) in [4.78, 5) is 18.2. The van der Waals surface area contributed by atoms with Crippen LogP contribution in [0.2, 0.25) is 0 Å². The summed E-state index contributed by atoms with van der Waals surface area (Å²) in [6.45, 7) is 5.16. The van der Waals surface area contributed by atoms with Crippen LogP contribution in [0.25, 0.3) is 0 Å². The fraction of sp³-hybridized carbons (Fsp3) is 0.636. The van der Waals surface area contributed by atoms with E-state index in [2.05, 4.69) is 4.98 Å². The number of carbonyl (C=O) groups is 1. The van der Waals surface area contributed by atoms with E-state index in [1.54, 1.807) is 17.3 Å². The first-order valence-electron chi connectivity index (χ1n) is 5.83. The molecule has 18 heavy (non-hydrogen) atoms. The second-order valence-corrected chi connectivity index (χ2v) is 4.98. The number of ether oxygens (including phenoxy) is 1. The van der Waals surface area contributed by atoms with E-state index in [-0.39, 0.29) is 17.4 Å². The Morgan fingerprint density at radius 3 is 3.11 bits per heavy atom. The quantitative estimate of drug-likeness (QED) is 0.835. The first kappa shape index (κ1) is 13.4. The molecule has 0 saturated carbocycles. The average molecular weight is 271 g/mol. The number of rotatable bonds is 3. The largest absolute Gasteiger partial charge is 0.362 e. The summed E-state index contributed by atoms with van der Waals surface area (Å²) in [5.74, 6) is 0.843. The molecule has 100 valence electrons. The number of aromatic nitrogens is 2. The van der Waals surface area contributed by atoms with E-state index in [0.29, 0.717) is 31.7 Å². The highest BCUT2D eigenvalue weighted by Crippen LogP contribution is 2.18. The lowest BCUT2D eigenvalue weighted by Gasteiger charge is -2.33. The molecule has 0 aliphatic carbocycles. The minimum atomic E-state index is -0.348. The van der Waals surface area contributed by atoms with Gasteiger partial charge in [0, 0.05) is 31.0 Å². The van der Waals surface area contributed by atoms with E-state index in [1.165, 1.54) is 0 Å². The molecular formula is C11H17N3O3S. The lowest BCUT2D eigenvalue weighted by molar-refractivity contribution is -0.139. The Bertz CT molecular complexity index is 423. The standard InChI is InChI=1S/C11H17N3O3S/c1-8(14-4-3-12-9(14)2)11(15)13-5-6-17-10(7-13)18-16/h3-4,8,10,16H,5-7H2,1-2H3. The SMILES string of the molecule is Cc1nccn1C(C)C(=O)N1CCOC(SO)C1. The fourth-order valence-corrected chi connectivity index (χ4v) is 2.47. The maximum absolute atomic E-state index is 12.3. The van der Waals surface area contributed by atoms with Crippen LogP contribution in [0.4, 0.5) is 0 Å². The van der Waals surface area contributed by atoms with Crippen LogP contribution >= 0.6 is 12.0 Å². The van der Waals surface area contributed by atoms with Gasteiger partial charge in [-0.25, -0.2) is 4.98 Å². The van der Waals surface area contributed by atoms with Crippen LogP contribution in [-0.2, 0) is 9.53 Å². The summed E-state index contributed by atoms with van der Waals surface area (Å²) in [6.07, 6.45) is 3.49. The molecule has 2 unspecified atom stereocenters. The maximum atomic E-state index is 12.3. The maximum Gasteiger partial charge on any atom is 0.245 e. The Balaban J connectivity index is 2.05. The highest BCUT2D eigenvalue weighted by Gasteiger charge is 2.28. The smallest absolute Gasteiger partial charge is 0.245 e. The van der Waals surface area contributed by atoms with E-state index in [9.17, 15) is 4.79 Å². The molecule has 1 aliphatic rings. The zero-order valence-corrected chi connectivity index (χ0v) is 11.3. The normalized spacial score (nSPS) is 21.9. The Hall–Kier alpha value is -1.05. The first-order chi connectivity index (χ1) is 8.63. The topological polar surface area (TPSA) is 67.6 Å². The summed E-state index contributed by atoms with van der Waals surface area (Å²) in [5.41, 5.74) is -0.348. The summed E-state index contributed by atoms with van der Waals surface area (Å²) in [5, 5.41) is 0. The van der Waals surface area contributed by atoms with Crippen molar-refractivity contribution in [3.8, 4) is 0 Å². The van der Waals surface area contributed by atoms with E-state index >= 15 is 0 Å². The number of amides is 1. The van der Waals surface area contributed by atoms with Crippen molar-refractivity contribution in [3.63, 3.8) is 0 Å². The third-order valence-electron chi connectivity index (χ3n) is 3.10. The third kappa shape index (κ3) is 2.68. The van der Waals surface area contributed by atoms with E-state index in [1.807, 2.05) is 18.4 Å². The van der Waals surface area contributed by atoms with Crippen LogP contribution in [0, 0.1) is 6.92 Å². The van der Waals surface area contributed by atoms with E-state index in [4.69, 9.17) is 9.29 Å². The minimum absolute atomic E-state index is 0.0263. The highest BCUT2D eigenvalue weighted by atomic mass is 32.2. The van der Waals surface area contributed by atoms with Crippen molar-refractivity contribution in [2.75, 3.05) is 19.7 Å². The van der Waals surface area contributed by atoms with Gasteiger partial charge in [-0.3, -0.25) is 4.79 Å². The van der Waals surface area contributed by atoms with Gasteiger partial charge in [0.1, 0.15) is 17.3 Å². The van der Waals surface area contributed by atoms with Crippen LogP contribution in [0.15, 0.2) is 12.4 Å². The average Bonchev–Trinajstić information content (AvgIpc) is 2.83. The first-order valence-corrected chi connectivity index (χ1v) is 6.67. The molecule has 1 aromatic rings. The van der Waals surface area contributed by atoms with Crippen molar-refractivity contribution in [1.29, 1.82) is 0 Å². The van der Waals surface area contributed by atoms with Gasteiger partial charge < -0.3 is 18.8 Å². The molecule has 1 saturated heterocycles. The molecule has 1 fully saturated rings. The van der Waals surface area contributed by atoms with Crippen LogP contribution in [-0.4, -0.2) is 50.0 Å². The van der Waals surface area contributed by atoms with Gasteiger partial charge in [0.2, 0.25) is 5.91 Å². The molecule has 2 rings (SSSR count). The molecule has 6 nitrogen and oxygen atoms in total. The molecule has 0 spiro atoms. The number of hydrogen-bond acceptors (Lipinski definition) is 5. The lowest BCUT2D eigenvalue weighted by Crippen LogP contribution is -2.46. The molecule has 2 heterocycles. The number of aryl methyl sites for hydroxylation is 1. The molecule has 1 N–H and O–H groups in total. The summed E-state index contributed by atoms with van der Waals surface area (Å²) >= 11 is 0.644. The summed E-state index contributed by atoms with van der Waals surface area (Å²) < 4.78 is 16.1. The van der Waals surface area contributed by atoms with Crippen LogP contribution in [0.5, 0.6) is 0 Å². The molecule has 0 bridgehead atoms. The van der Waals surface area contributed by atoms with E-state index < -0.39 is 0 Å². The highest BCUT2D eigenvalue weighted by molar-refractivity contribution is 7.94. The van der Waals surface area contributed by atoms with Crippen molar-refractivity contribution in [1.82, 2.24) is 14.5 Å². The third-order valence-corrected chi connectivity index (χ3v) is 3.62. The van der Waals surface area contributed by atoms with Gasteiger partial charge in [0.25, 0.3) is 0 Å². The molecular weight excluding hydrogens is 254 g/mol. The van der Waals surface area contributed by atoms with Gasteiger partial charge in [-0.1, -0.05) is 0 Å². The molecule has 1 aliphatic heterocycles. The predicted molar refractivity (Wildman–Crippen MR) is 68.2 cm³/mol. The van der Waals surface area contributed by atoms with Gasteiger partial charge in [0.15, 0.2) is 0 Å². The van der Waals surface area contributed by atoms with E-state index in [0.717, 1.165) is 5.82 Å². The van der Waals surface area contributed by atoms with Gasteiger partial charge in [-0.2, -0.15) is 0 Å². The summed E-state index contributed by atoms with van der Waals surface area (Å²) in [6, 6.07) is -0.282. The number of morpholine rings is 1. The Labute approximate surface area is 110 Å². The van der Waals surface area contributed by atoms with Crippen molar-refractivity contribution >= 4 is 17.9 Å². The monoisotopic (exact) mass is 271 g/mol. The van der Waals surface area contributed by atoms with Crippen LogP contribution in [0.3, 0.4) is 0 Å².